The number of nitrogens with two attached hydrogens (primary N) is 1. The summed E-state index contributed by atoms with van der Waals surface area (Å²) in [6.07, 6.45) is 7.76. The van der Waals surface area contributed by atoms with E-state index < -0.39 is 0 Å². The van der Waals surface area contributed by atoms with Crippen molar-refractivity contribution in [2.75, 3.05) is 13.1 Å². The normalized spacial score (nSPS) is 20.3. The minimum absolute atomic E-state index is 0. The SMILES string of the molecule is I.NC(=NCC1(Cc2ccccc2)CC1)NCC1CCC1. The molecule has 3 nitrogen and oxygen atoms in total. The smallest absolute Gasteiger partial charge is 0.188 e. The zero-order valence-electron chi connectivity index (χ0n) is 12.6. The number of halogens is 1. The van der Waals surface area contributed by atoms with Crippen molar-refractivity contribution in [3.63, 3.8) is 0 Å². The molecule has 0 unspecified atom stereocenters. The molecule has 0 atom stereocenters. The highest BCUT2D eigenvalue weighted by Crippen LogP contribution is 2.48. The molecular weight excluding hydrogens is 373 g/mol. The van der Waals surface area contributed by atoms with Crippen molar-refractivity contribution >= 4 is 29.9 Å². The van der Waals surface area contributed by atoms with E-state index in [2.05, 4.69) is 40.6 Å². The summed E-state index contributed by atoms with van der Waals surface area (Å²) in [4.78, 5) is 4.57. The monoisotopic (exact) mass is 399 g/mol. The number of benzene rings is 1. The van der Waals surface area contributed by atoms with Crippen molar-refractivity contribution in [2.24, 2.45) is 22.1 Å². The summed E-state index contributed by atoms with van der Waals surface area (Å²) in [6.45, 7) is 1.87. The van der Waals surface area contributed by atoms with Gasteiger partial charge >= 0.3 is 0 Å². The molecule has 2 aliphatic carbocycles. The van der Waals surface area contributed by atoms with E-state index in [1.54, 1.807) is 0 Å². The second-order valence-electron chi connectivity index (χ2n) is 6.54. The maximum atomic E-state index is 5.97. The highest BCUT2D eigenvalue weighted by Gasteiger charge is 2.42. The fourth-order valence-electron chi connectivity index (χ4n) is 2.85. The highest BCUT2D eigenvalue weighted by molar-refractivity contribution is 14.0. The predicted molar refractivity (Wildman–Crippen MR) is 99.1 cm³/mol. The zero-order chi connectivity index (χ0) is 13.8. The lowest BCUT2D eigenvalue weighted by molar-refractivity contribution is 0.315. The largest absolute Gasteiger partial charge is 0.370 e. The average Bonchev–Trinajstić information content (AvgIpc) is 3.16. The Morgan fingerprint density at radius 3 is 2.52 bits per heavy atom. The molecule has 116 valence electrons. The van der Waals surface area contributed by atoms with Crippen molar-refractivity contribution in [2.45, 2.75) is 38.5 Å². The molecule has 0 aliphatic heterocycles. The van der Waals surface area contributed by atoms with E-state index in [0.717, 1.165) is 25.4 Å². The van der Waals surface area contributed by atoms with Crippen LogP contribution in [0.4, 0.5) is 0 Å². The average molecular weight is 399 g/mol. The van der Waals surface area contributed by atoms with Crippen LogP contribution in [0.15, 0.2) is 35.3 Å². The molecule has 2 saturated carbocycles. The summed E-state index contributed by atoms with van der Waals surface area (Å²) in [5.74, 6) is 1.46. The van der Waals surface area contributed by atoms with Gasteiger partial charge < -0.3 is 11.1 Å². The number of guanidine groups is 1. The summed E-state index contributed by atoms with van der Waals surface area (Å²) in [7, 11) is 0. The van der Waals surface area contributed by atoms with Crippen LogP contribution in [0.25, 0.3) is 0 Å². The first-order valence-corrected chi connectivity index (χ1v) is 7.84. The Morgan fingerprint density at radius 2 is 1.95 bits per heavy atom. The van der Waals surface area contributed by atoms with Gasteiger partial charge in [-0.1, -0.05) is 36.8 Å². The van der Waals surface area contributed by atoms with Crippen LogP contribution in [0.1, 0.15) is 37.7 Å². The van der Waals surface area contributed by atoms with Crippen molar-refractivity contribution in [1.29, 1.82) is 0 Å². The molecule has 4 heteroatoms. The molecule has 0 spiro atoms. The third-order valence-corrected chi connectivity index (χ3v) is 4.76. The van der Waals surface area contributed by atoms with Crippen molar-refractivity contribution < 1.29 is 0 Å². The lowest BCUT2D eigenvalue weighted by Crippen LogP contribution is -2.37. The summed E-state index contributed by atoms with van der Waals surface area (Å²) in [6, 6.07) is 10.7. The van der Waals surface area contributed by atoms with E-state index in [9.17, 15) is 0 Å². The molecule has 0 saturated heterocycles. The van der Waals surface area contributed by atoms with E-state index >= 15 is 0 Å². The molecule has 1 aromatic rings. The standard InChI is InChI=1S/C17H25N3.HI/c18-16(19-12-15-7-4-8-15)20-13-17(9-10-17)11-14-5-2-1-3-6-14;/h1-3,5-6,15H,4,7-13H2,(H3,18,19,20);1H. The van der Waals surface area contributed by atoms with Crippen LogP contribution < -0.4 is 11.1 Å². The molecule has 3 N–H and O–H groups in total. The quantitative estimate of drug-likeness (QED) is 0.438. The topological polar surface area (TPSA) is 50.4 Å². The van der Waals surface area contributed by atoms with Crippen LogP contribution >= 0.6 is 24.0 Å². The van der Waals surface area contributed by atoms with Crippen LogP contribution in [0, 0.1) is 11.3 Å². The van der Waals surface area contributed by atoms with Crippen LogP contribution in [-0.4, -0.2) is 19.0 Å². The fraction of sp³-hybridized carbons (Fsp3) is 0.588. The van der Waals surface area contributed by atoms with E-state index in [-0.39, 0.29) is 24.0 Å². The molecule has 1 aromatic carbocycles. The molecular formula is C17H26IN3. The molecule has 0 radical (unpaired) electrons. The van der Waals surface area contributed by atoms with Gasteiger partial charge in [0.2, 0.25) is 0 Å². The second kappa shape index (κ2) is 7.47. The van der Waals surface area contributed by atoms with Crippen LogP contribution in [-0.2, 0) is 6.42 Å². The molecule has 21 heavy (non-hydrogen) atoms. The lowest BCUT2D eigenvalue weighted by Gasteiger charge is -2.25. The van der Waals surface area contributed by atoms with Gasteiger partial charge in [-0.3, -0.25) is 4.99 Å². The van der Waals surface area contributed by atoms with Crippen molar-refractivity contribution in [1.82, 2.24) is 5.32 Å². The summed E-state index contributed by atoms with van der Waals surface area (Å²) >= 11 is 0. The number of nitrogens with one attached hydrogen (secondary N) is 1. The molecule has 0 heterocycles. The molecule has 0 amide bonds. The van der Waals surface area contributed by atoms with Crippen molar-refractivity contribution in [3.8, 4) is 0 Å². The Morgan fingerprint density at radius 1 is 1.24 bits per heavy atom. The lowest BCUT2D eigenvalue weighted by atomic mass is 9.85. The molecule has 0 bridgehead atoms. The molecule has 0 aromatic heterocycles. The first-order chi connectivity index (χ1) is 9.76. The maximum absolute atomic E-state index is 5.97. The minimum atomic E-state index is 0. The van der Waals surface area contributed by atoms with Gasteiger partial charge in [-0.2, -0.15) is 0 Å². The van der Waals surface area contributed by atoms with Crippen LogP contribution in [0.3, 0.4) is 0 Å². The van der Waals surface area contributed by atoms with E-state index in [4.69, 9.17) is 5.73 Å². The van der Waals surface area contributed by atoms with Crippen LogP contribution in [0.2, 0.25) is 0 Å². The number of nitrogens with zero attached hydrogens (tertiary/aromatic N) is 1. The number of hydrogen-bond donors (Lipinski definition) is 2. The van der Waals surface area contributed by atoms with Gasteiger partial charge in [0.1, 0.15) is 0 Å². The minimum Gasteiger partial charge on any atom is -0.370 e. The van der Waals surface area contributed by atoms with Gasteiger partial charge in [-0.05, 0) is 49.0 Å². The Kier molecular flexibility index (Phi) is 5.90. The highest BCUT2D eigenvalue weighted by atomic mass is 127. The predicted octanol–water partition coefficient (Wildman–Crippen LogP) is 3.33. The number of rotatable bonds is 6. The van der Waals surface area contributed by atoms with Gasteiger partial charge in [-0.15, -0.1) is 24.0 Å². The van der Waals surface area contributed by atoms with Gasteiger partial charge in [0, 0.05) is 13.1 Å². The first kappa shape index (κ1) is 16.6. The summed E-state index contributed by atoms with van der Waals surface area (Å²) in [5.41, 5.74) is 7.76. The fourth-order valence-corrected chi connectivity index (χ4v) is 2.85. The second-order valence-corrected chi connectivity index (χ2v) is 6.54. The van der Waals surface area contributed by atoms with Gasteiger partial charge in [0.05, 0.1) is 0 Å². The maximum Gasteiger partial charge on any atom is 0.188 e. The Bertz CT molecular complexity index is 464. The zero-order valence-corrected chi connectivity index (χ0v) is 14.9. The van der Waals surface area contributed by atoms with E-state index in [0.29, 0.717) is 11.4 Å². The van der Waals surface area contributed by atoms with Crippen LogP contribution in [0.5, 0.6) is 0 Å². The molecule has 3 rings (SSSR count). The molecule has 2 fully saturated rings. The summed E-state index contributed by atoms with van der Waals surface area (Å²) < 4.78 is 0. The van der Waals surface area contributed by atoms with Gasteiger partial charge in [0.15, 0.2) is 5.96 Å². The summed E-state index contributed by atoms with van der Waals surface area (Å²) in [5, 5.41) is 3.28. The third kappa shape index (κ3) is 4.87. The molecule has 2 aliphatic rings. The first-order valence-electron chi connectivity index (χ1n) is 7.84. The van der Waals surface area contributed by atoms with E-state index in [1.807, 2.05) is 0 Å². The number of hydrogen-bond acceptors (Lipinski definition) is 1. The Hall–Kier alpha value is -0.780. The van der Waals surface area contributed by atoms with Crippen molar-refractivity contribution in [3.05, 3.63) is 35.9 Å². The van der Waals surface area contributed by atoms with Gasteiger partial charge in [0.25, 0.3) is 0 Å². The van der Waals surface area contributed by atoms with E-state index in [1.165, 1.54) is 37.7 Å². The Balaban J connectivity index is 0.00000161. The third-order valence-electron chi connectivity index (χ3n) is 4.76. The number of aliphatic imine (C=N–C) groups is 1. The van der Waals surface area contributed by atoms with Gasteiger partial charge in [-0.25, -0.2) is 0 Å². The Labute approximate surface area is 144 Å².